The molecule has 0 radical (unpaired) electrons. The van der Waals surface area contributed by atoms with Gasteiger partial charge in [0, 0.05) is 18.1 Å². The second-order valence-electron chi connectivity index (χ2n) is 5.97. The second-order valence-corrected chi connectivity index (χ2v) is 5.97. The van der Waals surface area contributed by atoms with Crippen molar-refractivity contribution in [2.24, 2.45) is 0 Å². The lowest BCUT2D eigenvalue weighted by Gasteiger charge is -2.53. The Labute approximate surface area is 104 Å². The molecule has 0 spiro atoms. The molecule has 0 bridgehead atoms. The molecule has 0 aliphatic carbocycles. The summed E-state index contributed by atoms with van der Waals surface area (Å²) in [6.07, 6.45) is 2.63. The summed E-state index contributed by atoms with van der Waals surface area (Å²) in [6, 6.07) is 0.177. The smallest absolute Gasteiger partial charge is 0.319 e. The van der Waals surface area contributed by atoms with E-state index in [0.717, 1.165) is 6.42 Å². The van der Waals surface area contributed by atoms with E-state index in [9.17, 15) is 4.79 Å². The average Bonchev–Trinajstić information content (AvgIpc) is 2.09. The molecule has 1 heterocycles. The number of urea groups is 1. The Bertz CT molecular complexity index is 310. The van der Waals surface area contributed by atoms with E-state index in [2.05, 4.69) is 38.0 Å². The molecule has 0 aromatic rings. The Balaban J connectivity index is 2.83. The summed E-state index contributed by atoms with van der Waals surface area (Å²) >= 11 is 0. The number of carbonyl (C=O) groups excluding carboxylic acids is 1. The van der Waals surface area contributed by atoms with Crippen molar-refractivity contribution in [1.82, 2.24) is 15.5 Å². The van der Waals surface area contributed by atoms with Gasteiger partial charge in [-0.05, 0) is 41.0 Å². The number of carbonyl (C=O) groups is 1. The van der Waals surface area contributed by atoms with Crippen molar-refractivity contribution in [2.45, 2.75) is 58.3 Å². The molecular weight excluding hydrogens is 214 g/mol. The van der Waals surface area contributed by atoms with Crippen LogP contribution < -0.4 is 10.6 Å². The van der Waals surface area contributed by atoms with Gasteiger partial charge in [0.1, 0.15) is 0 Å². The van der Waals surface area contributed by atoms with Gasteiger partial charge in [0.2, 0.25) is 0 Å². The van der Waals surface area contributed by atoms with Crippen molar-refractivity contribution in [3.8, 4) is 0 Å². The van der Waals surface area contributed by atoms with Gasteiger partial charge in [0.15, 0.2) is 0 Å². The van der Waals surface area contributed by atoms with Crippen molar-refractivity contribution in [2.75, 3.05) is 6.54 Å². The van der Waals surface area contributed by atoms with E-state index in [0.29, 0.717) is 6.54 Å². The number of hydrogen-bond acceptors (Lipinski definition) is 2. The van der Waals surface area contributed by atoms with E-state index in [-0.39, 0.29) is 23.3 Å². The molecule has 0 saturated carbocycles. The van der Waals surface area contributed by atoms with Crippen LogP contribution in [0.3, 0.4) is 0 Å². The molecule has 4 heteroatoms. The highest BCUT2D eigenvalue weighted by Gasteiger charge is 2.44. The monoisotopic (exact) mass is 239 g/mol. The van der Waals surface area contributed by atoms with Crippen LogP contribution in [0.25, 0.3) is 0 Å². The number of amides is 2. The first-order valence-corrected chi connectivity index (χ1v) is 6.17. The minimum Gasteiger partial charge on any atom is -0.334 e. The molecule has 4 nitrogen and oxygen atoms in total. The molecule has 2 N–H and O–H groups in total. The zero-order valence-corrected chi connectivity index (χ0v) is 11.6. The Morgan fingerprint density at radius 2 is 2.12 bits per heavy atom. The maximum absolute atomic E-state index is 12.1. The SMILES string of the molecule is C=CCNC(=O)N1C(C)CC(C)(C)NC1(C)C. The van der Waals surface area contributed by atoms with Crippen LogP contribution in [0.5, 0.6) is 0 Å². The fourth-order valence-corrected chi connectivity index (χ4v) is 3.02. The lowest BCUT2D eigenvalue weighted by molar-refractivity contribution is 0.00357. The minimum absolute atomic E-state index is 0.0367. The number of rotatable bonds is 2. The van der Waals surface area contributed by atoms with Crippen LogP contribution in [0, 0.1) is 0 Å². The Hall–Kier alpha value is -1.03. The summed E-state index contributed by atoms with van der Waals surface area (Å²) < 4.78 is 0. The molecule has 1 rings (SSSR count). The molecule has 1 aliphatic rings. The topological polar surface area (TPSA) is 44.4 Å². The standard InChI is InChI=1S/C13H25N3O/c1-7-8-14-11(17)16-10(2)9-12(3,4)15-13(16,5)6/h7,10,15H,1,8-9H2,2-6H3,(H,14,17). The van der Waals surface area contributed by atoms with Gasteiger partial charge in [0.05, 0.1) is 5.66 Å². The second kappa shape index (κ2) is 4.69. The van der Waals surface area contributed by atoms with Crippen LogP contribution in [0.4, 0.5) is 4.79 Å². The molecule has 1 aliphatic heterocycles. The summed E-state index contributed by atoms with van der Waals surface area (Å²) in [6.45, 7) is 14.6. The van der Waals surface area contributed by atoms with Gasteiger partial charge in [-0.1, -0.05) is 6.08 Å². The fraction of sp³-hybridized carbons (Fsp3) is 0.769. The maximum atomic E-state index is 12.1. The molecule has 1 fully saturated rings. The molecule has 2 amide bonds. The molecule has 0 aromatic heterocycles. The minimum atomic E-state index is -0.341. The molecule has 1 atom stereocenters. The molecule has 0 aromatic carbocycles. The number of nitrogens with one attached hydrogen (secondary N) is 2. The maximum Gasteiger partial charge on any atom is 0.319 e. The molecule has 17 heavy (non-hydrogen) atoms. The van der Waals surface area contributed by atoms with Crippen molar-refractivity contribution in [3.05, 3.63) is 12.7 Å². The van der Waals surface area contributed by atoms with Crippen LogP contribution in [0.2, 0.25) is 0 Å². The highest BCUT2D eigenvalue weighted by atomic mass is 16.2. The summed E-state index contributed by atoms with van der Waals surface area (Å²) in [7, 11) is 0. The van der Waals surface area contributed by atoms with E-state index in [1.165, 1.54) is 0 Å². The quantitative estimate of drug-likeness (QED) is 0.725. The fourth-order valence-electron chi connectivity index (χ4n) is 3.02. The van der Waals surface area contributed by atoms with Gasteiger partial charge in [-0.15, -0.1) is 6.58 Å². The van der Waals surface area contributed by atoms with Gasteiger partial charge in [0.25, 0.3) is 0 Å². The predicted octanol–water partition coefficient (Wildman–Crippen LogP) is 2.08. The van der Waals surface area contributed by atoms with Crippen LogP contribution in [0.15, 0.2) is 12.7 Å². The first-order valence-electron chi connectivity index (χ1n) is 6.17. The lowest BCUT2D eigenvalue weighted by atomic mass is 9.88. The molecule has 98 valence electrons. The third-order valence-corrected chi connectivity index (χ3v) is 3.11. The Morgan fingerprint density at radius 1 is 1.53 bits per heavy atom. The third-order valence-electron chi connectivity index (χ3n) is 3.11. The van der Waals surface area contributed by atoms with E-state index in [1.807, 2.05) is 18.7 Å². The summed E-state index contributed by atoms with van der Waals surface area (Å²) in [5.41, 5.74) is -0.287. The van der Waals surface area contributed by atoms with E-state index < -0.39 is 0 Å². The van der Waals surface area contributed by atoms with Crippen LogP contribution in [0.1, 0.15) is 41.0 Å². The molecular formula is C13H25N3O. The number of hydrogen-bond donors (Lipinski definition) is 2. The van der Waals surface area contributed by atoms with Crippen molar-refractivity contribution in [1.29, 1.82) is 0 Å². The highest BCUT2D eigenvalue weighted by molar-refractivity contribution is 5.75. The van der Waals surface area contributed by atoms with E-state index in [4.69, 9.17) is 0 Å². The van der Waals surface area contributed by atoms with Gasteiger partial charge in [-0.2, -0.15) is 0 Å². The summed E-state index contributed by atoms with van der Waals surface area (Å²) in [5.74, 6) is 0. The largest absolute Gasteiger partial charge is 0.334 e. The zero-order valence-electron chi connectivity index (χ0n) is 11.6. The van der Waals surface area contributed by atoms with Gasteiger partial charge >= 0.3 is 6.03 Å². The third kappa shape index (κ3) is 3.22. The van der Waals surface area contributed by atoms with Gasteiger partial charge in [-0.3, -0.25) is 5.32 Å². The summed E-state index contributed by atoms with van der Waals surface area (Å²) in [5, 5.41) is 6.35. The van der Waals surface area contributed by atoms with E-state index >= 15 is 0 Å². The van der Waals surface area contributed by atoms with Crippen molar-refractivity contribution < 1.29 is 4.79 Å². The first-order chi connectivity index (χ1) is 7.69. The average molecular weight is 239 g/mol. The Morgan fingerprint density at radius 3 is 2.59 bits per heavy atom. The van der Waals surface area contributed by atoms with Gasteiger partial charge in [-0.25, -0.2) is 4.79 Å². The predicted molar refractivity (Wildman–Crippen MR) is 70.8 cm³/mol. The normalized spacial score (nSPS) is 26.4. The zero-order chi connectivity index (χ0) is 13.3. The first kappa shape index (κ1) is 14.0. The Kier molecular flexibility index (Phi) is 3.87. The highest BCUT2D eigenvalue weighted by Crippen LogP contribution is 2.30. The molecule has 1 saturated heterocycles. The van der Waals surface area contributed by atoms with Crippen LogP contribution in [-0.2, 0) is 0 Å². The van der Waals surface area contributed by atoms with Crippen LogP contribution >= 0.6 is 0 Å². The van der Waals surface area contributed by atoms with E-state index in [1.54, 1.807) is 6.08 Å². The van der Waals surface area contributed by atoms with Crippen molar-refractivity contribution in [3.63, 3.8) is 0 Å². The van der Waals surface area contributed by atoms with Crippen LogP contribution in [-0.4, -0.2) is 34.7 Å². The number of nitrogens with zero attached hydrogens (tertiary/aromatic N) is 1. The van der Waals surface area contributed by atoms with Gasteiger partial charge < -0.3 is 10.2 Å². The lowest BCUT2D eigenvalue weighted by Crippen LogP contribution is -2.71. The van der Waals surface area contributed by atoms with Crippen molar-refractivity contribution >= 4 is 6.03 Å². The molecule has 1 unspecified atom stereocenters. The summed E-state index contributed by atoms with van der Waals surface area (Å²) in [4.78, 5) is 14.0.